The highest BCUT2D eigenvalue weighted by Crippen LogP contribution is 2.34. The molecule has 3 aliphatic heterocycles. The molecule has 0 aromatic carbocycles. The van der Waals surface area contributed by atoms with Gasteiger partial charge < -0.3 is 14.4 Å². The normalized spacial score (nSPS) is 19.9. The number of H-pyrrole nitrogens is 1. The number of halogens is 2. The highest BCUT2D eigenvalue weighted by atomic mass is 19.3. The van der Waals surface area contributed by atoms with Crippen molar-refractivity contribution in [1.82, 2.24) is 34.6 Å². The van der Waals surface area contributed by atoms with E-state index in [1.807, 2.05) is 24.4 Å². The van der Waals surface area contributed by atoms with Crippen molar-refractivity contribution in [3.63, 3.8) is 0 Å². The molecule has 7 rings (SSSR count). The fourth-order valence-electron chi connectivity index (χ4n) is 5.54. The molecule has 0 saturated carbocycles. The van der Waals surface area contributed by atoms with E-state index >= 15 is 0 Å². The maximum absolute atomic E-state index is 12.8. The van der Waals surface area contributed by atoms with Gasteiger partial charge in [-0.1, -0.05) is 12.1 Å². The molecular weight excluding hydrogens is 518 g/mol. The number of methoxy groups -OCH3 is 1. The van der Waals surface area contributed by atoms with Crippen molar-refractivity contribution >= 4 is 28.3 Å². The largest absolute Gasteiger partial charge is 0.486 e. The topological polar surface area (TPSA) is 96.2 Å². The van der Waals surface area contributed by atoms with Gasteiger partial charge in [-0.2, -0.15) is 5.10 Å². The number of rotatable bonds is 10. The quantitative estimate of drug-likeness (QED) is 0.238. The van der Waals surface area contributed by atoms with Crippen LogP contribution < -0.4 is 9.47 Å². The first kappa shape index (κ1) is 25.9. The van der Waals surface area contributed by atoms with Gasteiger partial charge in [0.25, 0.3) is 6.43 Å². The fraction of sp³-hybridized carbons (Fsp3) is 0.357. The molecule has 4 aromatic rings. The second kappa shape index (κ2) is 11.0. The van der Waals surface area contributed by atoms with E-state index in [1.54, 1.807) is 43.3 Å². The SMILES string of the molecule is C\N=C/C(=C\C=C\N1CC2CC(C1)N2Cc1ccc(OC)nc1)c1cc(OCC(F)F)cn2nc3[nH]ncc3c12. The zero-order chi connectivity index (χ0) is 27.6. The van der Waals surface area contributed by atoms with Crippen LogP contribution in [-0.2, 0) is 6.54 Å². The summed E-state index contributed by atoms with van der Waals surface area (Å²) in [6.07, 6.45) is 11.6. The second-order valence-electron chi connectivity index (χ2n) is 9.95. The van der Waals surface area contributed by atoms with Crippen LogP contribution in [0, 0.1) is 0 Å². The Hall–Kier alpha value is -4.32. The summed E-state index contributed by atoms with van der Waals surface area (Å²) < 4.78 is 37.8. The Morgan fingerprint density at radius 3 is 2.83 bits per heavy atom. The lowest BCUT2D eigenvalue weighted by atomic mass is 9.87. The monoisotopic (exact) mass is 548 g/mol. The molecule has 0 spiro atoms. The molecule has 2 unspecified atom stereocenters. The third-order valence-corrected chi connectivity index (χ3v) is 7.37. The summed E-state index contributed by atoms with van der Waals surface area (Å²) in [7, 11) is 3.32. The van der Waals surface area contributed by atoms with Gasteiger partial charge in [0.15, 0.2) is 5.65 Å². The van der Waals surface area contributed by atoms with Gasteiger partial charge in [-0.15, -0.1) is 5.10 Å². The molecule has 3 saturated heterocycles. The number of nitrogens with one attached hydrogen (secondary N) is 1. The van der Waals surface area contributed by atoms with E-state index in [0.717, 1.165) is 41.7 Å². The number of aromatic nitrogens is 5. The predicted molar refractivity (Wildman–Crippen MR) is 148 cm³/mol. The van der Waals surface area contributed by atoms with Gasteiger partial charge in [-0.25, -0.2) is 18.3 Å². The van der Waals surface area contributed by atoms with Crippen LogP contribution in [0.1, 0.15) is 17.5 Å². The van der Waals surface area contributed by atoms with Crippen LogP contribution in [0.4, 0.5) is 8.78 Å². The molecule has 0 aliphatic carbocycles. The third-order valence-electron chi connectivity index (χ3n) is 7.37. The summed E-state index contributed by atoms with van der Waals surface area (Å²) in [4.78, 5) is 13.4. The zero-order valence-electron chi connectivity index (χ0n) is 22.2. The number of piperidine rings is 1. The first-order valence-electron chi connectivity index (χ1n) is 13.1. The van der Waals surface area contributed by atoms with Crippen molar-refractivity contribution in [3.8, 4) is 11.6 Å². The number of aliphatic imine (C=N–C) groups is 1. The summed E-state index contributed by atoms with van der Waals surface area (Å²) in [6.45, 7) is 2.08. The predicted octanol–water partition coefficient (Wildman–Crippen LogP) is 3.81. The average Bonchev–Trinajstić information content (AvgIpc) is 3.56. The van der Waals surface area contributed by atoms with Crippen LogP contribution in [0.3, 0.4) is 0 Å². The molecule has 1 N–H and O–H groups in total. The summed E-state index contributed by atoms with van der Waals surface area (Å²) in [5, 5.41) is 12.3. The Labute approximate surface area is 229 Å². The van der Waals surface area contributed by atoms with E-state index in [0.29, 0.717) is 29.4 Å². The number of allylic oxidation sites excluding steroid dienone is 3. The summed E-state index contributed by atoms with van der Waals surface area (Å²) in [5.74, 6) is 0.920. The number of alkyl halides is 2. The minimum Gasteiger partial charge on any atom is -0.486 e. The zero-order valence-corrected chi connectivity index (χ0v) is 22.2. The van der Waals surface area contributed by atoms with Crippen LogP contribution in [0.5, 0.6) is 11.6 Å². The van der Waals surface area contributed by atoms with Gasteiger partial charge >= 0.3 is 0 Å². The van der Waals surface area contributed by atoms with E-state index < -0.39 is 13.0 Å². The number of hydrogen-bond donors (Lipinski definition) is 1. The Bertz CT molecular complexity index is 1560. The molecule has 40 heavy (non-hydrogen) atoms. The van der Waals surface area contributed by atoms with Crippen molar-refractivity contribution in [2.45, 2.75) is 31.5 Å². The van der Waals surface area contributed by atoms with E-state index in [2.05, 4.69) is 47.3 Å². The first-order chi connectivity index (χ1) is 19.5. The van der Waals surface area contributed by atoms with Gasteiger partial charge in [0, 0.05) is 68.4 Å². The molecule has 0 radical (unpaired) electrons. The first-order valence-corrected chi connectivity index (χ1v) is 13.1. The molecule has 10 nitrogen and oxygen atoms in total. The Balaban J connectivity index is 1.20. The number of nitrogens with zero attached hydrogens (tertiary/aromatic N) is 7. The fourth-order valence-corrected chi connectivity index (χ4v) is 5.54. The minimum absolute atomic E-state index is 0.295. The molecule has 3 aliphatic rings. The number of ether oxygens (including phenoxy) is 2. The standard InChI is InChI=1S/C28H30F2N8O2/c1-31-11-19(23-9-22(40-17-25(29)30)16-38-27(23)24-12-33-34-28(24)35-38)4-3-7-36-14-20-8-21(15-36)37(20)13-18-5-6-26(39-2)32-10-18/h3-7,9-12,16,20-21,25H,8,13-15,17H2,1-2H3,(H,34,35)/b7-3+,19-4+,31-11-. The van der Waals surface area contributed by atoms with E-state index in [-0.39, 0.29) is 0 Å². The Morgan fingerprint density at radius 1 is 1.25 bits per heavy atom. The summed E-state index contributed by atoms with van der Waals surface area (Å²) >= 11 is 0. The lowest BCUT2D eigenvalue weighted by Gasteiger charge is -2.56. The van der Waals surface area contributed by atoms with Crippen LogP contribution in [0.15, 0.2) is 60.1 Å². The van der Waals surface area contributed by atoms with Crippen LogP contribution in [-0.4, -0.2) is 93.2 Å². The van der Waals surface area contributed by atoms with E-state index in [9.17, 15) is 8.78 Å². The van der Waals surface area contributed by atoms with Gasteiger partial charge in [-0.3, -0.25) is 15.0 Å². The maximum Gasteiger partial charge on any atom is 0.272 e. The van der Waals surface area contributed by atoms with Crippen molar-refractivity contribution in [3.05, 3.63) is 66.3 Å². The smallest absolute Gasteiger partial charge is 0.272 e. The Kier molecular flexibility index (Phi) is 7.16. The highest BCUT2D eigenvalue weighted by Gasteiger charge is 2.43. The lowest BCUT2D eigenvalue weighted by molar-refractivity contribution is -0.0604. The second-order valence-corrected chi connectivity index (χ2v) is 9.95. The molecule has 7 heterocycles. The molecule has 2 bridgehead atoms. The minimum atomic E-state index is -2.58. The lowest BCUT2D eigenvalue weighted by Crippen LogP contribution is -2.67. The molecule has 4 aromatic heterocycles. The number of aromatic amines is 1. The number of fused-ring (bicyclic) bond motifs is 5. The average molecular weight is 549 g/mol. The van der Waals surface area contributed by atoms with Gasteiger partial charge in [0.05, 0.1) is 30.4 Å². The molecule has 3 fully saturated rings. The van der Waals surface area contributed by atoms with Crippen molar-refractivity contribution < 1.29 is 18.3 Å². The number of hydrogen-bond acceptors (Lipinski definition) is 8. The molecule has 0 amide bonds. The molecule has 2 atom stereocenters. The van der Waals surface area contributed by atoms with Gasteiger partial charge in [0.1, 0.15) is 12.4 Å². The molecule has 208 valence electrons. The van der Waals surface area contributed by atoms with Crippen LogP contribution >= 0.6 is 0 Å². The van der Waals surface area contributed by atoms with Crippen molar-refractivity contribution in [1.29, 1.82) is 0 Å². The number of pyridine rings is 2. The maximum atomic E-state index is 12.8. The third kappa shape index (κ3) is 5.14. The van der Waals surface area contributed by atoms with Gasteiger partial charge in [-0.05, 0) is 30.3 Å². The molecular formula is C28H30F2N8O2. The molecule has 12 heteroatoms. The number of piperazine rings is 1. The van der Waals surface area contributed by atoms with E-state index in [4.69, 9.17) is 9.47 Å². The van der Waals surface area contributed by atoms with Crippen LogP contribution in [0.25, 0.3) is 22.1 Å². The summed E-state index contributed by atoms with van der Waals surface area (Å²) in [5.41, 5.74) is 4.12. The Morgan fingerprint density at radius 2 is 2.10 bits per heavy atom. The van der Waals surface area contributed by atoms with E-state index in [1.165, 1.54) is 12.0 Å². The van der Waals surface area contributed by atoms with Gasteiger partial charge in [0.2, 0.25) is 5.88 Å². The highest BCUT2D eigenvalue weighted by molar-refractivity contribution is 6.15. The van der Waals surface area contributed by atoms with Crippen LogP contribution in [0.2, 0.25) is 0 Å². The summed E-state index contributed by atoms with van der Waals surface area (Å²) in [6, 6.07) is 6.71. The van der Waals surface area contributed by atoms with Crippen molar-refractivity contribution in [2.75, 3.05) is 33.9 Å². The van der Waals surface area contributed by atoms with Crippen molar-refractivity contribution in [2.24, 2.45) is 4.99 Å².